The van der Waals surface area contributed by atoms with E-state index >= 15 is 0 Å². The molecule has 0 bridgehead atoms. The van der Waals surface area contributed by atoms with Gasteiger partial charge in [-0.2, -0.15) is 0 Å². The smallest absolute Gasteiger partial charge is 0.191 e. The van der Waals surface area contributed by atoms with Crippen molar-refractivity contribution in [3.63, 3.8) is 0 Å². The molecule has 0 aliphatic rings. The van der Waals surface area contributed by atoms with E-state index in [4.69, 9.17) is 4.74 Å². The second-order valence-electron chi connectivity index (χ2n) is 5.77. The summed E-state index contributed by atoms with van der Waals surface area (Å²) in [5, 5.41) is 9.99. The van der Waals surface area contributed by atoms with Crippen molar-refractivity contribution in [2.45, 2.75) is 33.1 Å². The van der Waals surface area contributed by atoms with E-state index in [-0.39, 0.29) is 24.0 Å². The van der Waals surface area contributed by atoms with Gasteiger partial charge in [0, 0.05) is 37.1 Å². The number of nitrogens with zero attached hydrogens (tertiary/aromatic N) is 2. The van der Waals surface area contributed by atoms with E-state index in [0.29, 0.717) is 0 Å². The lowest BCUT2D eigenvalue weighted by molar-refractivity contribution is 0.414. The van der Waals surface area contributed by atoms with Crippen molar-refractivity contribution >= 4 is 41.3 Å². The molecular formula is C19H29IN4OS. The summed E-state index contributed by atoms with van der Waals surface area (Å²) in [6, 6.07) is 8.19. The van der Waals surface area contributed by atoms with Gasteiger partial charge in [0.2, 0.25) is 0 Å². The highest BCUT2D eigenvalue weighted by atomic mass is 127. The number of aryl methyl sites for hydroxylation is 2. The van der Waals surface area contributed by atoms with Gasteiger partial charge in [0.05, 0.1) is 12.1 Å². The maximum absolute atomic E-state index is 5.18. The Kier molecular flexibility index (Phi) is 11.3. The van der Waals surface area contributed by atoms with Crippen molar-refractivity contribution in [2.75, 3.05) is 26.7 Å². The predicted molar refractivity (Wildman–Crippen MR) is 121 cm³/mol. The van der Waals surface area contributed by atoms with Crippen LogP contribution in [0.15, 0.2) is 34.6 Å². The molecule has 0 atom stereocenters. The summed E-state index contributed by atoms with van der Waals surface area (Å²) >= 11 is 1.73. The van der Waals surface area contributed by atoms with Gasteiger partial charge in [0.15, 0.2) is 5.96 Å². The van der Waals surface area contributed by atoms with E-state index in [9.17, 15) is 0 Å². The summed E-state index contributed by atoms with van der Waals surface area (Å²) in [6.07, 6.45) is 2.96. The van der Waals surface area contributed by atoms with Gasteiger partial charge in [0.25, 0.3) is 0 Å². The van der Waals surface area contributed by atoms with Gasteiger partial charge < -0.3 is 15.4 Å². The second-order valence-corrected chi connectivity index (χ2v) is 6.71. The van der Waals surface area contributed by atoms with E-state index in [1.165, 1.54) is 10.6 Å². The van der Waals surface area contributed by atoms with E-state index in [0.717, 1.165) is 56.3 Å². The van der Waals surface area contributed by atoms with Gasteiger partial charge >= 0.3 is 0 Å². The fourth-order valence-corrected chi connectivity index (χ4v) is 3.22. The topological polar surface area (TPSA) is 58.5 Å². The molecular weight excluding hydrogens is 459 g/mol. The number of aliphatic imine (C=N–C) groups is 1. The van der Waals surface area contributed by atoms with Crippen LogP contribution >= 0.6 is 35.3 Å². The molecule has 1 heterocycles. The molecule has 0 aliphatic heterocycles. The minimum absolute atomic E-state index is 0. The summed E-state index contributed by atoms with van der Waals surface area (Å²) in [4.78, 5) is 9.13. The highest BCUT2D eigenvalue weighted by Gasteiger charge is 2.00. The van der Waals surface area contributed by atoms with Crippen molar-refractivity contribution in [1.82, 2.24) is 15.6 Å². The Bertz CT molecular complexity index is 658. The molecule has 0 amide bonds. The summed E-state index contributed by atoms with van der Waals surface area (Å²) in [5.74, 6) is 1.77. The van der Waals surface area contributed by atoms with Crippen LogP contribution < -0.4 is 15.4 Å². The molecule has 5 nitrogen and oxygen atoms in total. The van der Waals surface area contributed by atoms with E-state index in [1.807, 2.05) is 19.1 Å². The zero-order valence-corrected chi connectivity index (χ0v) is 18.9. The lowest BCUT2D eigenvalue weighted by Gasteiger charge is -2.11. The predicted octanol–water partition coefficient (Wildman–Crippen LogP) is 3.81. The number of hydrogen-bond donors (Lipinski definition) is 2. The van der Waals surface area contributed by atoms with Crippen molar-refractivity contribution in [3.8, 4) is 5.75 Å². The quantitative estimate of drug-likeness (QED) is 0.244. The average molecular weight is 488 g/mol. The molecule has 26 heavy (non-hydrogen) atoms. The number of ether oxygens (including phenoxy) is 1. The third-order valence-corrected chi connectivity index (χ3v) is 4.72. The normalized spacial score (nSPS) is 11.0. The Morgan fingerprint density at radius 1 is 1.19 bits per heavy atom. The van der Waals surface area contributed by atoms with Crippen LogP contribution in [0.2, 0.25) is 0 Å². The van der Waals surface area contributed by atoms with Crippen LogP contribution in [0.25, 0.3) is 0 Å². The first-order chi connectivity index (χ1) is 12.2. The Labute approximate surface area is 177 Å². The second kappa shape index (κ2) is 12.9. The van der Waals surface area contributed by atoms with Gasteiger partial charge in [-0.1, -0.05) is 12.1 Å². The van der Waals surface area contributed by atoms with Gasteiger partial charge in [-0.25, -0.2) is 4.98 Å². The van der Waals surface area contributed by atoms with E-state index in [2.05, 4.69) is 45.0 Å². The molecule has 0 saturated carbocycles. The molecule has 2 N–H and O–H groups in total. The van der Waals surface area contributed by atoms with Crippen molar-refractivity contribution in [1.29, 1.82) is 0 Å². The van der Waals surface area contributed by atoms with Crippen LogP contribution in [0, 0.1) is 6.92 Å². The van der Waals surface area contributed by atoms with Crippen molar-refractivity contribution < 1.29 is 4.74 Å². The highest BCUT2D eigenvalue weighted by Crippen LogP contribution is 2.11. The molecule has 0 spiro atoms. The molecule has 0 unspecified atom stereocenters. The monoisotopic (exact) mass is 488 g/mol. The van der Waals surface area contributed by atoms with Crippen LogP contribution in [0.4, 0.5) is 0 Å². The van der Waals surface area contributed by atoms with Gasteiger partial charge in [-0.05, 0) is 44.4 Å². The Morgan fingerprint density at radius 2 is 1.96 bits per heavy atom. The summed E-state index contributed by atoms with van der Waals surface area (Å²) < 4.78 is 5.18. The summed E-state index contributed by atoms with van der Waals surface area (Å²) in [6.45, 7) is 6.63. The average Bonchev–Trinajstić information content (AvgIpc) is 3.04. The minimum atomic E-state index is 0. The first-order valence-electron chi connectivity index (χ1n) is 8.77. The fourth-order valence-electron chi connectivity index (χ4n) is 2.40. The number of hydrogen-bond acceptors (Lipinski definition) is 4. The molecule has 1 aromatic heterocycles. The fraction of sp³-hybridized carbons (Fsp3) is 0.474. The molecule has 1 aromatic carbocycles. The van der Waals surface area contributed by atoms with E-state index < -0.39 is 0 Å². The van der Waals surface area contributed by atoms with Gasteiger partial charge in [-0.15, -0.1) is 35.3 Å². The van der Waals surface area contributed by atoms with Gasteiger partial charge in [0.1, 0.15) is 5.75 Å². The molecule has 0 saturated heterocycles. The first kappa shape index (κ1) is 22.7. The lowest BCUT2D eigenvalue weighted by Crippen LogP contribution is -2.38. The number of thiazole rings is 1. The largest absolute Gasteiger partial charge is 0.497 e. The Morgan fingerprint density at radius 3 is 2.58 bits per heavy atom. The molecule has 0 fully saturated rings. The molecule has 2 rings (SSSR count). The zero-order valence-electron chi connectivity index (χ0n) is 15.7. The standard InChI is InChI=1S/C19H28N4OS.HI/c1-4-20-19(21-12-5-6-18-23-15(2)14-25-18)22-13-11-16-7-9-17(24-3)10-8-16;/h7-10,14H,4-6,11-13H2,1-3H3,(H2,20,21,22);1H. The minimum Gasteiger partial charge on any atom is -0.497 e. The van der Waals surface area contributed by atoms with Crippen LogP contribution in [-0.2, 0) is 12.8 Å². The van der Waals surface area contributed by atoms with Crippen LogP contribution in [-0.4, -0.2) is 37.7 Å². The number of aromatic nitrogens is 1. The third kappa shape index (κ3) is 8.35. The number of nitrogens with one attached hydrogen (secondary N) is 2. The number of benzene rings is 1. The molecule has 7 heteroatoms. The van der Waals surface area contributed by atoms with Crippen LogP contribution in [0.3, 0.4) is 0 Å². The lowest BCUT2D eigenvalue weighted by atomic mass is 10.1. The number of rotatable bonds is 9. The number of guanidine groups is 1. The first-order valence-corrected chi connectivity index (χ1v) is 9.65. The third-order valence-electron chi connectivity index (χ3n) is 3.69. The molecule has 0 radical (unpaired) electrons. The van der Waals surface area contributed by atoms with Crippen LogP contribution in [0.1, 0.15) is 29.6 Å². The van der Waals surface area contributed by atoms with E-state index in [1.54, 1.807) is 18.4 Å². The van der Waals surface area contributed by atoms with Gasteiger partial charge in [-0.3, -0.25) is 4.99 Å². The number of halogens is 1. The van der Waals surface area contributed by atoms with Crippen LogP contribution in [0.5, 0.6) is 5.75 Å². The molecule has 144 valence electrons. The summed E-state index contributed by atoms with van der Waals surface area (Å²) in [7, 11) is 1.69. The summed E-state index contributed by atoms with van der Waals surface area (Å²) in [5.41, 5.74) is 2.39. The molecule has 2 aromatic rings. The maximum atomic E-state index is 5.18. The van der Waals surface area contributed by atoms with Crippen molar-refractivity contribution in [3.05, 3.63) is 45.9 Å². The SMILES string of the molecule is CCNC(=NCCCc1nc(C)cs1)NCCc1ccc(OC)cc1.I. The Balaban J connectivity index is 0.00000338. The zero-order chi connectivity index (χ0) is 17.9. The highest BCUT2D eigenvalue weighted by molar-refractivity contribution is 14.0. The molecule has 0 aliphatic carbocycles. The maximum Gasteiger partial charge on any atom is 0.191 e. The Hall–Kier alpha value is -1.35. The van der Waals surface area contributed by atoms with Crippen molar-refractivity contribution in [2.24, 2.45) is 4.99 Å². The number of methoxy groups -OCH3 is 1.